The molecule has 132 valence electrons. The quantitative estimate of drug-likeness (QED) is 0.697. The van der Waals surface area contributed by atoms with Crippen molar-refractivity contribution in [1.29, 1.82) is 0 Å². The Hall–Kier alpha value is -2.90. The second kappa shape index (κ2) is 6.19. The van der Waals surface area contributed by atoms with E-state index in [1.54, 1.807) is 36.1 Å². The first-order chi connectivity index (χ1) is 11.8. The maximum Gasteiger partial charge on any atom is 0.322 e. The molecule has 8 heteroatoms. The van der Waals surface area contributed by atoms with E-state index in [2.05, 4.69) is 10.6 Å². The van der Waals surface area contributed by atoms with E-state index in [9.17, 15) is 19.2 Å². The van der Waals surface area contributed by atoms with Gasteiger partial charge in [-0.1, -0.05) is 12.1 Å². The number of amides is 4. The third-order valence-electron chi connectivity index (χ3n) is 4.81. The third kappa shape index (κ3) is 3.07. The van der Waals surface area contributed by atoms with Gasteiger partial charge in [-0.05, 0) is 37.5 Å². The molecule has 2 aliphatic heterocycles. The van der Waals surface area contributed by atoms with Crippen LogP contribution in [0.3, 0.4) is 0 Å². The van der Waals surface area contributed by atoms with E-state index in [0.29, 0.717) is 30.5 Å². The fourth-order valence-electron chi connectivity index (χ4n) is 3.24. The number of carbonyl (C=O) groups is 4. The summed E-state index contributed by atoms with van der Waals surface area (Å²) in [4.78, 5) is 48.6. The van der Waals surface area contributed by atoms with Crippen LogP contribution in [0.25, 0.3) is 0 Å². The second-order valence-electron chi connectivity index (χ2n) is 6.54. The van der Waals surface area contributed by atoms with Crippen molar-refractivity contribution in [1.82, 2.24) is 15.5 Å². The zero-order chi connectivity index (χ0) is 18.2. The molecule has 0 spiro atoms. The number of hydrogen-bond acceptors (Lipinski definition) is 4. The summed E-state index contributed by atoms with van der Waals surface area (Å²) in [6, 6.07) is 5.87. The van der Waals surface area contributed by atoms with Crippen molar-refractivity contribution in [2.75, 3.05) is 13.1 Å². The highest BCUT2D eigenvalue weighted by Crippen LogP contribution is 2.25. The van der Waals surface area contributed by atoms with Gasteiger partial charge in [0.1, 0.15) is 5.54 Å². The van der Waals surface area contributed by atoms with Crippen molar-refractivity contribution >= 4 is 23.8 Å². The first kappa shape index (κ1) is 16.9. The fraction of sp³-hybridized carbons (Fsp3) is 0.412. The number of nitrogens with one attached hydrogen (secondary N) is 2. The molecule has 3 N–H and O–H groups in total. The van der Waals surface area contributed by atoms with Gasteiger partial charge in [-0.25, -0.2) is 4.79 Å². The van der Waals surface area contributed by atoms with Gasteiger partial charge in [0.05, 0.1) is 5.92 Å². The molecule has 3 rings (SSSR count). The van der Waals surface area contributed by atoms with Crippen LogP contribution in [0.2, 0.25) is 0 Å². The van der Waals surface area contributed by atoms with Gasteiger partial charge in [0.2, 0.25) is 0 Å². The average Bonchev–Trinajstić information content (AvgIpc) is 2.87. The summed E-state index contributed by atoms with van der Waals surface area (Å²) in [6.07, 6.45) is 1.23. The summed E-state index contributed by atoms with van der Waals surface area (Å²) in [6.45, 7) is 2.32. The molecule has 2 atom stereocenters. The summed E-state index contributed by atoms with van der Waals surface area (Å²) < 4.78 is 0. The van der Waals surface area contributed by atoms with Crippen molar-refractivity contribution < 1.29 is 24.3 Å². The van der Waals surface area contributed by atoms with Gasteiger partial charge in [-0.2, -0.15) is 0 Å². The number of aliphatic carboxylic acids is 1. The van der Waals surface area contributed by atoms with Crippen molar-refractivity contribution in [2.45, 2.75) is 25.3 Å². The zero-order valence-corrected chi connectivity index (χ0v) is 13.7. The van der Waals surface area contributed by atoms with Crippen LogP contribution >= 0.6 is 0 Å². The molecular formula is C17H19N3O5. The Kier molecular flexibility index (Phi) is 4.20. The zero-order valence-electron chi connectivity index (χ0n) is 13.7. The van der Waals surface area contributed by atoms with Gasteiger partial charge in [0.25, 0.3) is 11.8 Å². The maximum atomic E-state index is 12.6. The Labute approximate surface area is 144 Å². The molecule has 2 aliphatic rings. The van der Waals surface area contributed by atoms with E-state index in [1.165, 1.54) is 0 Å². The highest BCUT2D eigenvalue weighted by Gasteiger charge is 2.43. The number of piperidine rings is 1. The van der Waals surface area contributed by atoms with Gasteiger partial charge >= 0.3 is 12.0 Å². The first-order valence-corrected chi connectivity index (χ1v) is 8.07. The van der Waals surface area contributed by atoms with E-state index in [4.69, 9.17) is 5.11 Å². The molecular weight excluding hydrogens is 326 g/mol. The van der Waals surface area contributed by atoms with E-state index in [0.717, 1.165) is 0 Å². The summed E-state index contributed by atoms with van der Waals surface area (Å²) >= 11 is 0. The Morgan fingerprint density at radius 2 is 1.92 bits per heavy atom. The fourth-order valence-corrected chi connectivity index (χ4v) is 3.24. The minimum Gasteiger partial charge on any atom is -0.481 e. The number of rotatable bonds is 3. The van der Waals surface area contributed by atoms with Gasteiger partial charge in [0.15, 0.2) is 0 Å². The predicted octanol–water partition coefficient (Wildman–Crippen LogP) is 0.678. The van der Waals surface area contributed by atoms with Crippen molar-refractivity contribution in [3.05, 3.63) is 35.4 Å². The minimum absolute atomic E-state index is 0.200. The van der Waals surface area contributed by atoms with Crippen LogP contribution in [0.4, 0.5) is 4.79 Å². The third-order valence-corrected chi connectivity index (χ3v) is 4.81. The van der Waals surface area contributed by atoms with Crippen LogP contribution < -0.4 is 10.6 Å². The molecule has 0 unspecified atom stereocenters. The standard InChI is InChI=1S/C17H19N3O5/c1-17(15(24)18-16(25)19-17)12-6-4-10(5-7-12)13(21)20-8-2-3-11(9-20)14(22)23/h4-7,11H,2-3,8-9H2,1H3,(H,22,23)(H2,18,19,24,25)/t11-,17-/m1/s1. The van der Waals surface area contributed by atoms with Crippen LogP contribution in [0.5, 0.6) is 0 Å². The highest BCUT2D eigenvalue weighted by atomic mass is 16.4. The Balaban J connectivity index is 1.76. The Bertz CT molecular complexity index is 745. The number of carboxylic acids is 1. The van der Waals surface area contributed by atoms with E-state index >= 15 is 0 Å². The number of likely N-dealkylation sites (tertiary alicyclic amines) is 1. The molecule has 2 fully saturated rings. The molecule has 25 heavy (non-hydrogen) atoms. The monoisotopic (exact) mass is 345 g/mol. The molecule has 1 aromatic carbocycles. The number of carboxylic acid groups (broad SMARTS) is 1. The first-order valence-electron chi connectivity index (χ1n) is 8.07. The predicted molar refractivity (Wildman–Crippen MR) is 86.7 cm³/mol. The largest absolute Gasteiger partial charge is 0.481 e. The number of carbonyl (C=O) groups excluding carboxylic acids is 3. The summed E-state index contributed by atoms with van der Waals surface area (Å²) in [5.74, 6) is -2.10. The molecule has 0 bridgehead atoms. The number of benzene rings is 1. The van der Waals surface area contributed by atoms with Crippen molar-refractivity contribution in [3.8, 4) is 0 Å². The molecule has 0 saturated carbocycles. The van der Waals surface area contributed by atoms with E-state index < -0.39 is 29.4 Å². The molecule has 0 radical (unpaired) electrons. The second-order valence-corrected chi connectivity index (χ2v) is 6.54. The van der Waals surface area contributed by atoms with Gasteiger partial charge in [-0.15, -0.1) is 0 Å². The van der Waals surface area contributed by atoms with Crippen LogP contribution in [-0.4, -0.2) is 46.9 Å². The Morgan fingerprint density at radius 3 is 2.48 bits per heavy atom. The minimum atomic E-state index is -1.17. The molecule has 4 amide bonds. The van der Waals surface area contributed by atoms with Crippen LogP contribution in [0.15, 0.2) is 24.3 Å². The Morgan fingerprint density at radius 1 is 1.24 bits per heavy atom. The molecule has 2 heterocycles. The number of hydrogen-bond donors (Lipinski definition) is 3. The smallest absolute Gasteiger partial charge is 0.322 e. The molecule has 8 nitrogen and oxygen atoms in total. The molecule has 1 aromatic rings. The van der Waals surface area contributed by atoms with Gasteiger partial charge in [-0.3, -0.25) is 19.7 Å². The normalized spacial score (nSPS) is 26.1. The topological polar surface area (TPSA) is 116 Å². The maximum absolute atomic E-state index is 12.6. The van der Waals surface area contributed by atoms with Crippen LogP contribution in [0, 0.1) is 5.92 Å². The lowest BCUT2D eigenvalue weighted by molar-refractivity contribution is -0.143. The molecule has 0 aliphatic carbocycles. The van der Waals surface area contributed by atoms with Crippen LogP contribution in [0.1, 0.15) is 35.7 Å². The number of urea groups is 1. The number of nitrogens with zero attached hydrogens (tertiary/aromatic N) is 1. The number of imide groups is 1. The summed E-state index contributed by atoms with van der Waals surface area (Å²) in [7, 11) is 0. The summed E-state index contributed by atoms with van der Waals surface area (Å²) in [5.41, 5.74) is -0.185. The van der Waals surface area contributed by atoms with Crippen LogP contribution in [-0.2, 0) is 15.1 Å². The van der Waals surface area contributed by atoms with Gasteiger partial charge in [0, 0.05) is 18.7 Å². The lowest BCUT2D eigenvalue weighted by Gasteiger charge is -2.31. The van der Waals surface area contributed by atoms with Crippen molar-refractivity contribution in [3.63, 3.8) is 0 Å². The lowest BCUT2D eigenvalue weighted by atomic mass is 9.91. The molecule has 2 saturated heterocycles. The van der Waals surface area contributed by atoms with Gasteiger partial charge < -0.3 is 15.3 Å². The van der Waals surface area contributed by atoms with E-state index in [-0.39, 0.29) is 12.5 Å². The average molecular weight is 345 g/mol. The lowest BCUT2D eigenvalue weighted by Crippen LogP contribution is -2.42. The van der Waals surface area contributed by atoms with Crippen molar-refractivity contribution in [2.24, 2.45) is 5.92 Å². The molecule has 0 aromatic heterocycles. The van der Waals surface area contributed by atoms with E-state index in [1.807, 2.05) is 0 Å². The summed E-state index contributed by atoms with van der Waals surface area (Å²) in [5, 5.41) is 13.9. The highest BCUT2D eigenvalue weighted by molar-refractivity contribution is 6.07. The SMILES string of the molecule is C[C@]1(c2ccc(C(=O)N3CCC[C@@H](C(=O)O)C3)cc2)NC(=O)NC1=O.